The van der Waals surface area contributed by atoms with Gasteiger partial charge in [0.05, 0.1) is 11.1 Å². The molecule has 0 bridgehead atoms. The first-order chi connectivity index (χ1) is 11.0. The minimum absolute atomic E-state index is 0.240. The van der Waals surface area contributed by atoms with Gasteiger partial charge in [0.1, 0.15) is 6.04 Å². The van der Waals surface area contributed by atoms with Gasteiger partial charge >= 0.3 is 5.97 Å². The third-order valence-corrected chi connectivity index (χ3v) is 4.01. The van der Waals surface area contributed by atoms with E-state index in [1.807, 2.05) is 6.26 Å². The van der Waals surface area contributed by atoms with Gasteiger partial charge in [-0.25, -0.2) is 4.79 Å². The van der Waals surface area contributed by atoms with E-state index in [4.69, 9.17) is 10.5 Å². The van der Waals surface area contributed by atoms with Gasteiger partial charge in [0, 0.05) is 0 Å². The molecule has 1 aliphatic heterocycles. The standard InChI is InChI=1S/C15H16N2O5S/c1-23-7-6-11(15(21)22-8-12(16)18)17-13(19)9-4-2-3-5-10(9)14(17)20/h2-5,11H,6-8H2,1H3,(H2,16,18)/t11-/m1/s1. The van der Waals surface area contributed by atoms with Gasteiger partial charge < -0.3 is 10.5 Å². The number of carbonyl (C=O) groups is 4. The summed E-state index contributed by atoms with van der Waals surface area (Å²) in [7, 11) is 0. The average Bonchev–Trinajstić information content (AvgIpc) is 2.78. The first kappa shape index (κ1) is 17.0. The molecule has 23 heavy (non-hydrogen) atoms. The maximum Gasteiger partial charge on any atom is 0.329 e. The SMILES string of the molecule is CSCC[C@H](C(=O)OCC(N)=O)N1C(=O)c2ccccc2C1=O. The van der Waals surface area contributed by atoms with E-state index in [1.54, 1.807) is 12.1 Å². The molecular formula is C15H16N2O5S. The van der Waals surface area contributed by atoms with Gasteiger partial charge in [-0.2, -0.15) is 11.8 Å². The van der Waals surface area contributed by atoms with Crippen LogP contribution in [0.5, 0.6) is 0 Å². The van der Waals surface area contributed by atoms with Gasteiger partial charge in [0.25, 0.3) is 17.7 Å². The lowest BCUT2D eigenvalue weighted by Crippen LogP contribution is -2.46. The normalized spacial score (nSPS) is 14.6. The Balaban J connectivity index is 2.26. The topological polar surface area (TPSA) is 107 Å². The number of amides is 3. The smallest absolute Gasteiger partial charge is 0.329 e. The number of fused-ring (bicyclic) bond motifs is 1. The summed E-state index contributed by atoms with van der Waals surface area (Å²) >= 11 is 1.47. The van der Waals surface area contributed by atoms with Gasteiger partial charge in [0.2, 0.25) is 0 Å². The van der Waals surface area contributed by atoms with Gasteiger partial charge in [-0.3, -0.25) is 19.3 Å². The lowest BCUT2D eigenvalue weighted by atomic mass is 10.1. The first-order valence-corrected chi connectivity index (χ1v) is 8.27. The molecule has 1 aliphatic rings. The zero-order chi connectivity index (χ0) is 17.0. The number of hydrogen-bond donors (Lipinski definition) is 1. The van der Waals surface area contributed by atoms with E-state index in [-0.39, 0.29) is 17.5 Å². The highest BCUT2D eigenvalue weighted by atomic mass is 32.2. The molecule has 0 radical (unpaired) electrons. The molecule has 8 heteroatoms. The van der Waals surface area contributed by atoms with Crippen molar-refractivity contribution in [2.24, 2.45) is 5.73 Å². The number of esters is 1. The number of ether oxygens (including phenoxy) is 1. The van der Waals surface area contributed by atoms with Crippen molar-refractivity contribution in [2.75, 3.05) is 18.6 Å². The molecule has 1 atom stereocenters. The van der Waals surface area contributed by atoms with Crippen molar-refractivity contribution in [3.05, 3.63) is 35.4 Å². The van der Waals surface area contributed by atoms with Crippen molar-refractivity contribution >= 4 is 35.5 Å². The Morgan fingerprint density at radius 1 is 1.22 bits per heavy atom. The Hall–Kier alpha value is -2.35. The molecule has 7 nitrogen and oxygen atoms in total. The van der Waals surface area contributed by atoms with E-state index in [0.29, 0.717) is 5.75 Å². The molecule has 1 aromatic carbocycles. The number of rotatable bonds is 7. The van der Waals surface area contributed by atoms with E-state index in [2.05, 4.69) is 0 Å². The fourth-order valence-electron chi connectivity index (χ4n) is 2.31. The summed E-state index contributed by atoms with van der Waals surface area (Å²) in [6.45, 7) is -0.586. The Morgan fingerprint density at radius 3 is 2.26 bits per heavy atom. The summed E-state index contributed by atoms with van der Waals surface area (Å²) in [5.41, 5.74) is 5.47. The fourth-order valence-corrected chi connectivity index (χ4v) is 2.77. The average molecular weight is 336 g/mol. The first-order valence-electron chi connectivity index (χ1n) is 6.88. The van der Waals surface area contributed by atoms with Crippen LogP contribution in [0.4, 0.5) is 0 Å². The van der Waals surface area contributed by atoms with Crippen LogP contribution < -0.4 is 5.73 Å². The maximum atomic E-state index is 12.5. The zero-order valence-corrected chi connectivity index (χ0v) is 13.3. The lowest BCUT2D eigenvalue weighted by molar-refractivity contribution is -0.151. The fraction of sp³-hybridized carbons (Fsp3) is 0.333. The summed E-state index contributed by atoms with van der Waals surface area (Å²) in [6, 6.07) is 5.30. The predicted molar refractivity (Wildman–Crippen MR) is 83.9 cm³/mol. The molecule has 2 N–H and O–H groups in total. The number of carbonyl (C=O) groups excluding carboxylic acids is 4. The molecule has 0 aromatic heterocycles. The third kappa shape index (κ3) is 3.53. The number of benzene rings is 1. The van der Waals surface area contributed by atoms with E-state index in [0.717, 1.165) is 4.90 Å². The predicted octanol–water partition coefficient (Wildman–Crippen LogP) is 0.433. The highest BCUT2D eigenvalue weighted by molar-refractivity contribution is 7.98. The van der Waals surface area contributed by atoms with Crippen LogP contribution >= 0.6 is 11.8 Å². The summed E-state index contributed by atoms with van der Waals surface area (Å²) in [5, 5.41) is 0. The van der Waals surface area contributed by atoms with Crippen molar-refractivity contribution in [3.63, 3.8) is 0 Å². The van der Waals surface area contributed by atoms with Crippen molar-refractivity contribution in [2.45, 2.75) is 12.5 Å². The second-order valence-electron chi connectivity index (χ2n) is 4.90. The van der Waals surface area contributed by atoms with Gasteiger partial charge in [-0.1, -0.05) is 12.1 Å². The van der Waals surface area contributed by atoms with Crippen molar-refractivity contribution in [1.82, 2.24) is 4.90 Å². The lowest BCUT2D eigenvalue weighted by Gasteiger charge is -2.24. The Kier molecular flexibility index (Phi) is 5.38. The molecule has 1 aromatic rings. The Bertz CT molecular complexity index is 626. The van der Waals surface area contributed by atoms with Gasteiger partial charge in [-0.05, 0) is 30.6 Å². The van der Waals surface area contributed by atoms with E-state index in [9.17, 15) is 19.2 Å². The number of nitrogens with zero attached hydrogens (tertiary/aromatic N) is 1. The second-order valence-corrected chi connectivity index (χ2v) is 5.88. The molecule has 0 saturated carbocycles. The number of hydrogen-bond acceptors (Lipinski definition) is 6. The monoisotopic (exact) mass is 336 g/mol. The molecule has 122 valence electrons. The van der Waals surface area contributed by atoms with Gasteiger partial charge in [0.15, 0.2) is 6.61 Å². The molecular weight excluding hydrogens is 320 g/mol. The van der Waals surface area contributed by atoms with Crippen molar-refractivity contribution < 1.29 is 23.9 Å². The number of primary amides is 1. The van der Waals surface area contributed by atoms with E-state index >= 15 is 0 Å². The molecule has 1 heterocycles. The Morgan fingerprint density at radius 2 is 1.78 bits per heavy atom. The van der Waals surface area contributed by atoms with Crippen LogP contribution in [0.25, 0.3) is 0 Å². The molecule has 0 saturated heterocycles. The highest BCUT2D eigenvalue weighted by Gasteiger charge is 2.43. The largest absolute Gasteiger partial charge is 0.454 e. The molecule has 0 spiro atoms. The van der Waals surface area contributed by atoms with Crippen LogP contribution in [0, 0.1) is 0 Å². The summed E-state index contributed by atoms with van der Waals surface area (Å²) < 4.78 is 4.80. The third-order valence-electron chi connectivity index (χ3n) is 3.36. The minimum atomic E-state index is -1.07. The molecule has 0 fully saturated rings. The minimum Gasteiger partial charge on any atom is -0.454 e. The zero-order valence-electron chi connectivity index (χ0n) is 12.5. The van der Waals surface area contributed by atoms with E-state index in [1.165, 1.54) is 23.9 Å². The Labute approximate surface area is 137 Å². The van der Waals surface area contributed by atoms with Crippen LogP contribution in [-0.4, -0.2) is 53.2 Å². The maximum absolute atomic E-state index is 12.5. The second kappa shape index (κ2) is 7.28. The summed E-state index contributed by atoms with van der Waals surface area (Å²) in [4.78, 5) is 48.8. The molecule has 0 unspecified atom stereocenters. The van der Waals surface area contributed by atoms with Crippen LogP contribution in [0.15, 0.2) is 24.3 Å². The van der Waals surface area contributed by atoms with Crippen LogP contribution in [0.3, 0.4) is 0 Å². The van der Waals surface area contributed by atoms with Gasteiger partial charge in [-0.15, -0.1) is 0 Å². The van der Waals surface area contributed by atoms with Crippen LogP contribution in [0.2, 0.25) is 0 Å². The molecule has 3 amide bonds. The van der Waals surface area contributed by atoms with Crippen molar-refractivity contribution in [3.8, 4) is 0 Å². The van der Waals surface area contributed by atoms with Crippen molar-refractivity contribution in [1.29, 1.82) is 0 Å². The molecule has 0 aliphatic carbocycles. The number of thioether (sulfide) groups is 1. The van der Waals surface area contributed by atoms with E-state index < -0.39 is 36.3 Å². The number of nitrogens with two attached hydrogens (primary N) is 1. The van der Waals surface area contributed by atoms with Crippen LogP contribution in [-0.2, 0) is 14.3 Å². The molecule has 2 rings (SSSR count). The summed E-state index contributed by atoms with van der Waals surface area (Å²) in [5.74, 6) is -2.14. The van der Waals surface area contributed by atoms with Crippen LogP contribution in [0.1, 0.15) is 27.1 Å². The quantitative estimate of drug-likeness (QED) is 0.572. The highest BCUT2D eigenvalue weighted by Crippen LogP contribution is 2.26. The number of imide groups is 1. The summed E-state index contributed by atoms with van der Waals surface area (Å²) in [6.07, 6.45) is 2.08.